The molecule has 0 atom stereocenters. The summed E-state index contributed by atoms with van der Waals surface area (Å²) in [5.41, 5.74) is 10.2. The van der Waals surface area contributed by atoms with Crippen molar-refractivity contribution in [3.8, 4) is 44.5 Å². The Balaban J connectivity index is 1.22. The van der Waals surface area contributed by atoms with Crippen LogP contribution in [0.15, 0.2) is 180 Å². The number of hydrogen-bond donors (Lipinski definition) is 0. The van der Waals surface area contributed by atoms with Gasteiger partial charge in [-0.3, -0.25) is 0 Å². The summed E-state index contributed by atoms with van der Waals surface area (Å²) in [6.07, 6.45) is 0. The van der Waals surface area contributed by atoms with Crippen LogP contribution in [0.4, 0.5) is 0 Å². The average molecular weight is 613 g/mol. The maximum absolute atomic E-state index is 2.43. The molecule has 0 saturated carbocycles. The lowest BCUT2D eigenvalue weighted by atomic mass is 9.84. The van der Waals surface area contributed by atoms with Crippen LogP contribution in [0.3, 0.4) is 0 Å². The Morgan fingerprint density at radius 3 is 1.55 bits per heavy atom. The highest BCUT2D eigenvalue weighted by Crippen LogP contribution is 2.50. The topological polar surface area (TPSA) is 0 Å². The third-order valence-corrected chi connectivity index (χ3v) is 11.0. The van der Waals surface area contributed by atoms with Crippen molar-refractivity contribution in [2.24, 2.45) is 0 Å². The molecule has 0 bridgehead atoms. The molecule has 218 valence electrons. The maximum atomic E-state index is 2.43. The van der Waals surface area contributed by atoms with Gasteiger partial charge in [-0.2, -0.15) is 0 Å². The molecule has 1 aliphatic rings. The van der Waals surface area contributed by atoms with Crippen LogP contribution in [0.25, 0.3) is 87.6 Å². The maximum Gasteiger partial charge on any atom is 0.0207 e. The zero-order chi connectivity index (χ0) is 30.9. The smallest absolute Gasteiger partial charge is 0.0207 e. The predicted molar refractivity (Wildman–Crippen MR) is 202 cm³/mol. The van der Waals surface area contributed by atoms with Crippen LogP contribution in [0.5, 0.6) is 0 Å². The van der Waals surface area contributed by atoms with E-state index in [1.54, 1.807) is 0 Å². The van der Waals surface area contributed by atoms with Crippen LogP contribution in [0.1, 0.15) is 0 Å². The van der Waals surface area contributed by atoms with E-state index in [0.717, 1.165) is 0 Å². The molecule has 0 N–H and O–H groups in total. The summed E-state index contributed by atoms with van der Waals surface area (Å²) in [7, 11) is 0. The molecule has 1 heteroatoms. The molecule has 0 saturated heterocycles. The molecule has 47 heavy (non-hydrogen) atoms. The highest BCUT2D eigenvalue weighted by molar-refractivity contribution is 7.99. The monoisotopic (exact) mass is 612 g/mol. The average Bonchev–Trinajstić information content (AvgIpc) is 3.14. The Labute approximate surface area is 278 Å². The van der Waals surface area contributed by atoms with Gasteiger partial charge in [0.25, 0.3) is 0 Å². The fourth-order valence-electron chi connectivity index (χ4n) is 7.79. The van der Waals surface area contributed by atoms with E-state index in [9.17, 15) is 0 Å². The van der Waals surface area contributed by atoms with Gasteiger partial charge in [0.05, 0.1) is 0 Å². The van der Waals surface area contributed by atoms with Crippen molar-refractivity contribution in [1.29, 1.82) is 0 Å². The minimum Gasteiger partial charge on any atom is -0.0888 e. The lowest BCUT2D eigenvalue weighted by Crippen LogP contribution is -1.95. The first-order valence-electron chi connectivity index (χ1n) is 16.2. The van der Waals surface area contributed by atoms with E-state index in [4.69, 9.17) is 0 Å². The highest BCUT2D eigenvalue weighted by Gasteiger charge is 2.22. The van der Waals surface area contributed by atoms with Crippen molar-refractivity contribution in [3.05, 3.63) is 170 Å². The van der Waals surface area contributed by atoms with Crippen LogP contribution in [-0.2, 0) is 0 Å². The summed E-state index contributed by atoms with van der Waals surface area (Å²) in [6, 6.07) is 62.8. The molecule has 0 fully saturated rings. The fourth-order valence-corrected chi connectivity index (χ4v) is 8.92. The van der Waals surface area contributed by atoms with Crippen molar-refractivity contribution in [2.75, 3.05) is 0 Å². The molecule has 0 aliphatic carbocycles. The first kappa shape index (κ1) is 26.6. The third-order valence-electron chi connectivity index (χ3n) is 9.83. The van der Waals surface area contributed by atoms with E-state index in [2.05, 4.69) is 170 Å². The van der Waals surface area contributed by atoms with E-state index in [1.807, 2.05) is 11.8 Å². The Morgan fingerprint density at radius 2 is 0.830 bits per heavy atom. The number of hydrogen-bond acceptors (Lipinski definition) is 1. The molecule has 1 heterocycles. The summed E-state index contributed by atoms with van der Waals surface area (Å²) in [5.74, 6) is 0. The Bertz CT molecular complexity index is 2650. The Morgan fingerprint density at radius 1 is 0.298 bits per heavy atom. The molecular formula is C46H28S. The predicted octanol–water partition coefficient (Wildman–Crippen LogP) is 13.4. The summed E-state index contributed by atoms with van der Waals surface area (Å²) >= 11 is 1.89. The number of benzene rings is 9. The van der Waals surface area contributed by atoms with E-state index < -0.39 is 0 Å². The minimum absolute atomic E-state index is 1.23. The van der Waals surface area contributed by atoms with E-state index in [0.29, 0.717) is 0 Å². The third kappa shape index (κ3) is 4.10. The molecule has 0 radical (unpaired) electrons. The van der Waals surface area contributed by atoms with Gasteiger partial charge in [-0.25, -0.2) is 0 Å². The number of rotatable bonds is 3. The molecule has 0 spiro atoms. The molecule has 10 rings (SSSR count). The normalized spacial score (nSPS) is 12.2. The molecule has 0 nitrogen and oxygen atoms in total. The van der Waals surface area contributed by atoms with Crippen LogP contribution in [-0.4, -0.2) is 0 Å². The van der Waals surface area contributed by atoms with Crippen molar-refractivity contribution >= 4 is 54.9 Å². The van der Waals surface area contributed by atoms with Crippen LogP contribution in [0.2, 0.25) is 0 Å². The molecule has 1 aliphatic heterocycles. The summed E-state index contributed by atoms with van der Waals surface area (Å²) in [4.78, 5) is 2.65. The van der Waals surface area contributed by atoms with Crippen molar-refractivity contribution in [1.82, 2.24) is 0 Å². The van der Waals surface area contributed by atoms with Gasteiger partial charge < -0.3 is 0 Å². The Hall–Kier alpha value is -5.63. The van der Waals surface area contributed by atoms with E-state index in [1.165, 1.54) is 97.4 Å². The summed E-state index contributed by atoms with van der Waals surface area (Å²) in [5, 5.41) is 10.3. The Kier molecular flexibility index (Phi) is 5.91. The SMILES string of the molecule is c1cc(-c2cccc3ccccc23)cc(-c2c3ccccc3c(-c3ccc4c(c3)-c3cccc5cccc(c35)S4)c3ccccc23)c1. The molecule has 0 amide bonds. The van der Waals surface area contributed by atoms with Crippen LogP contribution >= 0.6 is 11.8 Å². The van der Waals surface area contributed by atoms with Gasteiger partial charge in [0, 0.05) is 15.2 Å². The quantitative estimate of drug-likeness (QED) is 0.179. The van der Waals surface area contributed by atoms with Crippen molar-refractivity contribution in [2.45, 2.75) is 9.79 Å². The standard InChI is InChI=1S/C46H28S/c1-2-17-34-29(11-1)12-8-22-35(34)31-15-7-16-32(27-31)44-36-18-3-5-20-38(36)45(39-21-6-4-19-37(39)44)33-25-26-42-41(28-33)40-23-9-13-30-14-10-24-43(47-42)46(30)40/h1-28H. The highest BCUT2D eigenvalue weighted by atomic mass is 32.2. The number of fused-ring (bicyclic) bond motifs is 5. The second kappa shape index (κ2) is 10.5. The van der Waals surface area contributed by atoms with Crippen LogP contribution < -0.4 is 0 Å². The second-order valence-corrected chi connectivity index (χ2v) is 13.5. The van der Waals surface area contributed by atoms with E-state index >= 15 is 0 Å². The molecule has 0 unspecified atom stereocenters. The molecule has 9 aromatic rings. The fraction of sp³-hybridized carbons (Fsp3) is 0. The molecular weight excluding hydrogens is 585 g/mol. The zero-order valence-electron chi connectivity index (χ0n) is 25.6. The first-order valence-corrected chi connectivity index (χ1v) is 17.0. The van der Waals surface area contributed by atoms with Gasteiger partial charge in [0.1, 0.15) is 0 Å². The minimum atomic E-state index is 1.23. The lowest BCUT2D eigenvalue weighted by molar-refractivity contribution is 1.40. The largest absolute Gasteiger partial charge is 0.0888 e. The van der Waals surface area contributed by atoms with E-state index in [-0.39, 0.29) is 0 Å². The molecule has 9 aromatic carbocycles. The van der Waals surface area contributed by atoms with Gasteiger partial charge >= 0.3 is 0 Å². The summed E-state index contributed by atoms with van der Waals surface area (Å²) in [6.45, 7) is 0. The van der Waals surface area contributed by atoms with Gasteiger partial charge in [-0.05, 0) is 106 Å². The second-order valence-electron chi connectivity index (χ2n) is 12.4. The van der Waals surface area contributed by atoms with Gasteiger partial charge in [-0.1, -0.05) is 157 Å². The first-order chi connectivity index (χ1) is 23.3. The van der Waals surface area contributed by atoms with Gasteiger partial charge in [0.2, 0.25) is 0 Å². The van der Waals surface area contributed by atoms with Gasteiger partial charge in [0.15, 0.2) is 0 Å². The van der Waals surface area contributed by atoms with Crippen LogP contribution in [0, 0.1) is 0 Å². The van der Waals surface area contributed by atoms with Crippen molar-refractivity contribution < 1.29 is 0 Å². The lowest BCUT2D eigenvalue weighted by Gasteiger charge is -2.22. The summed E-state index contributed by atoms with van der Waals surface area (Å²) < 4.78 is 0. The zero-order valence-corrected chi connectivity index (χ0v) is 26.4. The molecule has 0 aromatic heterocycles. The van der Waals surface area contributed by atoms with Crippen molar-refractivity contribution in [3.63, 3.8) is 0 Å². The van der Waals surface area contributed by atoms with Gasteiger partial charge in [-0.15, -0.1) is 0 Å².